The third kappa shape index (κ3) is 3.80. The summed E-state index contributed by atoms with van der Waals surface area (Å²) in [6.45, 7) is 4.18. The molecule has 2 aromatic rings. The molecule has 1 aliphatic heterocycles. The van der Waals surface area contributed by atoms with E-state index < -0.39 is 17.4 Å². The Morgan fingerprint density at radius 2 is 2.14 bits per heavy atom. The SMILES string of the molecule is C=CC(=O)N1CC=C(c2ccc(C(F)(F)C(=O)Nc3cc(C4CC4)[nH]n3)cn2)C1. The predicted molar refractivity (Wildman–Crippen MR) is 102 cm³/mol. The van der Waals surface area contributed by atoms with E-state index in [0.29, 0.717) is 24.7 Å². The molecule has 2 aliphatic rings. The molecule has 2 amide bonds. The quantitative estimate of drug-likeness (QED) is 0.731. The lowest BCUT2D eigenvalue weighted by Gasteiger charge is -2.16. The summed E-state index contributed by atoms with van der Waals surface area (Å²) in [6.07, 6.45) is 6.07. The number of hydrogen-bond donors (Lipinski definition) is 2. The summed E-state index contributed by atoms with van der Waals surface area (Å²) in [7, 11) is 0. The van der Waals surface area contributed by atoms with Crippen molar-refractivity contribution < 1.29 is 18.4 Å². The van der Waals surface area contributed by atoms with Crippen LogP contribution in [-0.2, 0) is 15.5 Å². The number of rotatable bonds is 6. The number of nitrogens with zero attached hydrogens (tertiary/aromatic N) is 3. The smallest absolute Gasteiger partial charge is 0.331 e. The maximum Gasteiger partial charge on any atom is 0.351 e. The van der Waals surface area contributed by atoms with E-state index in [9.17, 15) is 18.4 Å². The zero-order chi connectivity index (χ0) is 20.6. The fourth-order valence-corrected chi connectivity index (χ4v) is 3.14. The second-order valence-corrected chi connectivity index (χ2v) is 7.10. The lowest BCUT2D eigenvalue weighted by molar-refractivity contribution is -0.141. The van der Waals surface area contributed by atoms with Gasteiger partial charge in [-0.3, -0.25) is 19.7 Å². The standard InChI is InChI=1S/C20H19F2N5O2/c1-2-18(28)27-8-7-13(11-27)15-6-5-14(10-23-15)20(21,22)19(29)24-17-9-16(25-26-17)12-3-4-12/h2,5-7,9-10,12H,1,3-4,8,11H2,(H2,24,25,26,29). The number of carbonyl (C=O) groups is 2. The van der Waals surface area contributed by atoms with E-state index in [1.54, 1.807) is 11.0 Å². The van der Waals surface area contributed by atoms with Crippen LogP contribution in [0.3, 0.4) is 0 Å². The number of anilines is 1. The molecular weight excluding hydrogens is 380 g/mol. The van der Waals surface area contributed by atoms with Crippen LogP contribution in [0.2, 0.25) is 0 Å². The Bertz CT molecular complexity index is 993. The summed E-state index contributed by atoms with van der Waals surface area (Å²) in [6, 6.07) is 4.17. The van der Waals surface area contributed by atoms with Crippen LogP contribution in [0.4, 0.5) is 14.6 Å². The molecule has 1 saturated carbocycles. The Morgan fingerprint density at radius 3 is 2.79 bits per heavy atom. The van der Waals surface area contributed by atoms with Gasteiger partial charge in [0.2, 0.25) is 5.91 Å². The van der Waals surface area contributed by atoms with Gasteiger partial charge in [0.25, 0.3) is 0 Å². The van der Waals surface area contributed by atoms with Crippen molar-refractivity contribution in [1.82, 2.24) is 20.1 Å². The van der Waals surface area contributed by atoms with Gasteiger partial charge in [0.15, 0.2) is 5.82 Å². The minimum atomic E-state index is -3.76. The zero-order valence-electron chi connectivity index (χ0n) is 15.5. The van der Waals surface area contributed by atoms with Crippen molar-refractivity contribution in [3.8, 4) is 0 Å². The summed E-state index contributed by atoms with van der Waals surface area (Å²) >= 11 is 0. The lowest BCUT2D eigenvalue weighted by Crippen LogP contribution is -2.32. The normalized spacial score (nSPS) is 16.5. The minimum absolute atomic E-state index is 0.0734. The van der Waals surface area contributed by atoms with Gasteiger partial charge in [-0.25, -0.2) is 0 Å². The van der Waals surface area contributed by atoms with Gasteiger partial charge >= 0.3 is 11.8 Å². The van der Waals surface area contributed by atoms with Crippen molar-refractivity contribution in [3.63, 3.8) is 0 Å². The van der Waals surface area contributed by atoms with Crippen LogP contribution in [0.5, 0.6) is 0 Å². The number of H-pyrrole nitrogens is 1. The van der Waals surface area contributed by atoms with Crippen molar-refractivity contribution in [3.05, 3.63) is 60.1 Å². The van der Waals surface area contributed by atoms with Crippen LogP contribution in [0, 0.1) is 0 Å². The summed E-state index contributed by atoms with van der Waals surface area (Å²) in [5.41, 5.74) is 1.55. The number of hydrogen-bond acceptors (Lipinski definition) is 4. The predicted octanol–water partition coefficient (Wildman–Crippen LogP) is 2.82. The van der Waals surface area contributed by atoms with Crippen LogP contribution in [-0.4, -0.2) is 45.0 Å². The van der Waals surface area contributed by atoms with E-state index in [1.807, 2.05) is 6.08 Å². The molecule has 0 spiro atoms. The number of aromatic amines is 1. The first kappa shape index (κ1) is 19.0. The number of alkyl halides is 2. The largest absolute Gasteiger partial charge is 0.351 e. The van der Waals surface area contributed by atoms with Gasteiger partial charge in [-0.15, -0.1) is 0 Å². The van der Waals surface area contributed by atoms with Crippen LogP contribution in [0.1, 0.15) is 35.7 Å². The third-order valence-corrected chi connectivity index (χ3v) is 5.00. The van der Waals surface area contributed by atoms with E-state index in [-0.39, 0.29) is 11.7 Å². The average molecular weight is 399 g/mol. The molecule has 2 N–H and O–H groups in total. The van der Waals surface area contributed by atoms with Gasteiger partial charge in [-0.2, -0.15) is 13.9 Å². The van der Waals surface area contributed by atoms with Gasteiger partial charge in [0.1, 0.15) is 0 Å². The van der Waals surface area contributed by atoms with Crippen LogP contribution in [0.25, 0.3) is 5.57 Å². The van der Waals surface area contributed by atoms with E-state index in [4.69, 9.17) is 0 Å². The Balaban J connectivity index is 1.43. The number of carbonyl (C=O) groups excluding carboxylic acids is 2. The first-order valence-electron chi connectivity index (χ1n) is 9.20. The monoisotopic (exact) mass is 399 g/mol. The Kier molecular flexibility index (Phi) is 4.73. The van der Waals surface area contributed by atoms with Crippen molar-refractivity contribution in [2.75, 3.05) is 18.4 Å². The molecule has 0 bridgehead atoms. The van der Waals surface area contributed by atoms with Crippen molar-refractivity contribution in [1.29, 1.82) is 0 Å². The minimum Gasteiger partial charge on any atom is -0.331 e. The van der Waals surface area contributed by atoms with Crippen LogP contribution >= 0.6 is 0 Å². The topological polar surface area (TPSA) is 91.0 Å². The highest BCUT2D eigenvalue weighted by molar-refractivity contribution is 5.96. The van der Waals surface area contributed by atoms with E-state index in [2.05, 4.69) is 27.1 Å². The fraction of sp³-hybridized carbons (Fsp3) is 0.300. The Labute approximate surface area is 165 Å². The highest BCUT2D eigenvalue weighted by Gasteiger charge is 2.42. The van der Waals surface area contributed by atoms with Crippen LogP contribution < -0.4 is 5.32 Å². The van der Waals surface area contributed by atoms with Crippen molar-refractivity contribution in [2.24, 2.45) is 0 Å². The molecule has 4 rings (SSSR count). The fourth-order valence-electron chi connectivity index (χ4n) is 3.14. The number of aromatic nitrogens is 3. The molecule has 9 heteroatoms. The summed E-state index contributed by atoms with van der Waals surface area (Å²) < 4.78 is 29.1. The first-order chi connectivity index (χ1) is 13.9. The molecule has 0 atom stereocenters. The number of nitrogens with one attached hydrogen (secondary N) is 2. The molecule has 3 heterocycles. The second kappa shape index (κ2) is 7.23. The molecule has 0 saturated heterocycles. The summed E-state index contributed by atoms with van der Waals surface area (Å²) in [5.74, 6) is -5.00. The lowest BCUT2D eigenvalue weighted by atomic mass is 10.1. The van der Waals surface area contributed by atoms with Gasteiger partial charge < -0.3 is 10.2 Å². The van der Waals surface area contributed by atoms with Gasteiger partial charge in [0.05, 0.1) is 5.69 Å². The van der Waals surface area contributed by atoms with Gasteiger partial charge in [-0.1, -0.05) is 12.7 Å². The molecule has 150 valence electrons. The summed E-state index contributed by atoms with van der Waals surface area (Å²) in [5, 5.41) is 8.78. The molecule has 1 fully saturated rings. The van der Waals surface area contributed by atoms with Crippen molar-refractivity contribution in [2.45, 2.75) is 24.7 Å². The average Bonchev–Trinajstić information content (AvgIpc) is 3.26. The molecule has 1 aliphatic carbocycles. The maximum atomic E-state index is 14.6. The van der Waals surface area contributed by atoms with E-state index in [0.717, 1.165) is 30.3 Å². The van der Waals surface area contributed by atoms with Crippen molar-refractivity contribution >= 4 is 23.2 Å². The van der Waals surface area contributed by atoms with Gasteiger partial charge in [-0.05, 0) is 36.6 Å². The second-order valence-electron chi connectivity index (χ2n) is 7.10. The number of amides is 2. The molecule has 0 radical (unpaired) electrons. The molecular formula is C20H19F2N5O2. The highest BCUT2D eigenvalue weighted by Crippen LogP contribution is 2.39. The maximum absolute atomic E-state index is 14.6. The number of pyridine rings is 1. The Hall–Kier alpha value is -3.36. The summed E-state index contributed by atoms with van der Waals surface area (Å²) in [4.78, 5) is 29.4. The molecule has 7 nitrogen and oxygen atoms in total. The Morgan fingerprint density at radius 1 is 1.34 bits per heavy atom. The zero-order valence-corrected chi connectivity index (χ0v) is 15.5. The van der Waals surface area contributed by atoms with Gasteiger partial charge in [0, 0.05) is 42.5 Å². The third-order valence-electron chi connectivity index (χ3n) is 5.00. The first-order valence-corrected chi connectivity index (χ1v) is 9.20. The number of halogens is 2. The highest BCUT2D eigenvalue weighted by atomic mass is 19.3. The van der Waals surface area contributed by atoms with Crippen LogP contribution in [0.15, 0.2) is 43.1 Å². The molecule has 2 aromatic heterocycles. The molecule has 0 aromatic carbocycles. The molecule has 0 unspecified atom stereocenters. The molecule has 29 heavy (non-hydrogen) atoms. The van der Waals surface area contributed by atoms with E-state index in [1.165, 1.54) is 18.2 Å². The van der Waals surface area contributed by atoms with E-state index >= 15 is 0 Å².